The van der Waals surface area contributed by atoms with Crippen LogP contribution in [0.5, 0.6) is 0 Å². The minimum absolute atomic E-state index is 0.173. The highest BCUT2D eigenvalue weighted by molar-refractivity contribution is 5.56. The molecule has 4 nitrogen and oxygen atoms in total. The topological polar surface area (TPSA) is 73.3 Å². The van der Waals surface area contributed by atoms with E-state index in [0.29, 0.717) is 6.61 Å². The van der Waals surface area contributed by atoms with E-state index in [1.165, 1.54) is 0 Å². The van der Waals surface area contributed by atoms with Gasteiger partial charge in [0.25, 0.3) is 0 Å². The number of morpholine rings is 1. The zero-order valence-corrected chi connectivity index (χ0v) is 7.99. The zero-order chi connectivity index (χ0) is 9.97. The maximum Gasteiger partial charge on any atom is 0.0662 e. The van der Waals surface area contributed by atoms with Gasteiger partial charge in [-0.3, -0.25) is 0 Å². The molecule has 1 aliphatic rings. The van der Waals surface area contributed by atoms with E-state index >= 15 is 0 Å². The van der Waals surface area contributed by atoms with Gasteiger partial charge < -0.3 is 21.5 Å². The van der Waals surface area contributed by atoms with Gasteiger partial charge in [-0.15, -0.1) is 0 Å². The molecule has 5 N–H and O–H groups in total. The van der Waals surface area contributed by atoms with Gasteiger partial charge in [-0.2, -0.15) is 0 Å². The molecule has 0 radical (unpaired) electrons. The van der Waals surface area contributed by atoms with Crippen molar-refractivity contribution in [1.82, 2.24) is 5.32 Å². The first kappa shape index (κ1) is 9.30. The Balaban J connectivity index is 2.24. The molecule has 1 atom stereocenters. The van der Waals surface area contributed by atoms with E-state index in [4.69, 9.17) is 16.2 Å². The first-order chi connectivity index (χ1) is 6.77. The molecule has 14 heavy (non-hydrogen) atoms. The fourth-order valence-electron chi connectivity index (χ4n) is 1.66. The van der Waals surface area contributed by atoms with Gasteiger partial charge in [0.15, 0.2) is 0 Å². The lowest BCUT2D eigenvalue weighted by atomic mass is 10.0. The average Bonchev–Trinajstić information content (AvgIpc) is 2.23. The van der Waals surface area contributed by atoms with Crippen LogP contribution in [0.1, 0.15) is 11.6 Å². The van der Waals surface area contributed by atoms with Crippen LogP contribution in [0.2, 0.25) is 0 Å². The lowest BCUT2D eigenvalue weighted by molar-refractivity contribution is 0.0771. The molecule has 76 valence electrons. The lowest BCUT2D eigenvalue weighted by Crippen LogP contribution is -2.35. The maximum absolute atomic E-state index is 5.87. The summed E-state index contributed by atoms with van der Waals surface area (Å²) in [5.41, 5.74) is 14.1. The first-order valence-corrected chi connectivity index (χ1v) is 4.73. The number of nitrogens with two attached hydrogens (primary N) is 2. The van der Waals surface area contributed by atoms with Gasteiger partial charge in [-0.1, -0.05) is 0 Å². The van der Waals surface area contributed by atoms with Crippen LogP contribution >= 0.6 is 0 Å². The third kappa shape index (κ3) is 1.81. The van der Waals surface area contributed by atoms with E-state index in [1.54, 1.807) is 0 Å². The van der Waals surface area contributed by atoms with Crippen LogP contribution in [0, 0.1) is 0 Å². The van der Waals surface area contributed by atoms with Crippen LogP contribution in [-0.4, -0.2) is 19.8 Å². The second-order valence-electron chi connectivity index (χ2n) is 3.47. The molecule has 1 aliphatic heterocycles. The predicted molar refractivity (Wildman–Crippen MR) is 56.8 cm³/mol. The second-order valence-corrected chi connectivity index (χ2v) is 3.47. The smallest absolute Gasteiger partial charge is 0.0662 e. The molecule has 1 aromatic carbocycles. The highest BCUT2D eigenvalue weighted by Gasteiger charge is 2.17. The monoisotopic (exact) mass is 193 g/mol. The number of ether oxygens (including phenoxy) is 1. The zero-order valence-electron chi connectivity index (χ0n) is 7.99. The van der Waals surface area contributed by atoms with E-state index in [-0.39, 0.29) is 6.04 Å². The number of hydrogen-bond acceptors (Lipinski definition) is 4. The van der Waals surface area contributed by atoms with Crippen molar-refractivity contribution < 1.29 is 4.74 Å². The number of benzene rings is 1. The fraction of sp³-hybridized carbons (Fsp3) is 0.400. The standard InChI is InChI=1S/C10H15N3O/c11-7-1-2-9(12)8(5-7)10-6-14-4-3-13-10/h1-2,5,10,13H,3-4,6,11-12H2/t10-/m0/s1. The Morgan fingerprint density at radius 3 is 2.93 bits per heavy atom. The van der Waals surface area contributed by atoms with Gasteiger partial charge in [0, 0.05) is 17.9 Å². The molecule has 1 heterocycles. The van der Waals surface area contributed by atoms with Crippen molar-refractivity contribution in [2.45, 2.75) is 6.04 Å². The second kappa shape index (κ2) is 3.86. The number of rotatable bonds is 1. The van der Waals surface area contributed by atoms with Crippen molar-refractivity contribution in [3.05, 3.63) is 23.8 Å². The number of anilines is 2. The Hall–Kier alpha value is -1.26. The molecule has 0 amide bonds. The highest BCUT2D eigenvalue weighted by Crippen LogP contribution is 2.24. The predicted octanol–water partition coefficient (Wildman–Crippen LogP) is 0.512. The van der Waals surface area contributed by atoms with Crippen molar-refractivity contribution in [2.24, 2.45) is 0 Å². The van der Waals surface area contributed by atoms with Crippen molar-refractivity contribution in [3.8, 4) is 0 Å². The lowest BCUT2D eigenvalue weighted by Gasteiger charge is -2.25. The minimum atomic E-state index is 0.173. The van der Waals surface area contributed by atoms with Crippen LogP contribution in [-0.2, 0) is 4.74 Å². The Morgan fingerprint density at radius 1 is 1.36 bits per heavy atom. The summed E-state index contributed by atoms with van der Waals surface area (Å²) in [6.07, 6.45) is 0. The van der Waals surface area contributed by atoms with E-state index < -0.39 is 0 Å². The third-order valence-corrected chi connectivity index (χ3v) is 2.41. The molecule has 0 aliphatic carbocycles. The molecule has 1 saturated heterocycles. The minimum Gasteiger partial charge on any atom is -0.399 e. The van der Waals surface area contributed by atoms with Crippen LogP contribution in [0.15, 0.2) is 18.2 Å². The molecule has 2 rings (SSSR count). The number of nitrogens with one attached hydrogen (secondary N) is 1. The van der Waals surface area contributed by atoms with E-state index in [1.807, 2.05) is 18.2 Å². The molecule has 0 unspecified atom stereocenters. The average molecular weight is 193 g/mol. The van der Waals surface area contributed by atoms with E-state index in [2.05, 4.69) is 5.32 Å². The molecule has 0 spiro atoms. The number of nitrogen functional groups attached to an aromatic ring is 2. The fourth-order valence-corrected chi connectivity index (χ4v) is 1.66. The normalized spacial score (nSPS) is 22.1. The van der Waals surface area contributed by atoms with Gasteiger partial charge in [0.1, 0.15) is 0 Å². The molecule has 0 bridgehead atoms. The molecular weight excluding hydrogens is 178 g/mol. The van der Waals surface area contributed by atoms with Crippen LogP contribution in [0.3, 0.4) is 0 Å². The SMILES string of the molecule is Nc1ccc(N)c([C@@H]2COCCN2)c1. The Labute approximate surface area is 83.2 Å². The quantitative estimate of drug-likeness (QED) is 0.568. The van der Waals surface area contributed by atoms with Gasteiger partial charge in [0.2, 0.25) is 0 Å². The summed E-state index contributed by atoms with van der Waals surface area (Å²) in [7, 11) is 0. The van der Waals surface area contributed by atoms with Crippen molar-refractivity contribution in [1.29, 1.82) is 0 Å². The molecule has 1 fully saturated rings. The van der Waals surface area contributed by atoms with Crippen LogP contribution in [0.25, 0.3) is 0 Å². The van der Waals surface area contributed by atoms with E-state index in [9.17, 15) is 0 Å². The van der Waals surface area contributed by atoms with E-state index in [0.717, 1.165) is 30.1 Å². The van der Waals surface area contributed by atoms with Gasteiger partial charge >= 0.3 is 0 Å². The molecular formula is C10H15N3O. The molecule has 4 heteroatoms. The summed E-state index contributed by atoms with van der Waals surface area (Å²) in [5, 5.41) is 3.34. The van der Waals surface area contributed by atoms with Crippen molar-refractivity contribution in [3.63, 3.8) is 0 Å². The molecule has 0 aromatic heterocycles. The van der Waals surface area contributed by atoms with Gasteiger partial charge in [-0.25, -0.2) is 0 Å². The summed E-state index contributed by atoms with van der Waals surface area (Å²) in [4.78, 5) is 0. The Morgan fingerprint density at radius 2 is 2.21 bits per heavy atom. The van der Waals surface area contributed by atoms with Gasteiger partial charge in [0.05, 0.1) is 19.3 Å². The van der Waals surface area contributed by atoms with Gasteiger partial charge in [-0.05, 0) is 23.8 Å². The maximum atomic E-state index is 5.87. The van der Waals surface area contributed by atoms with Crippen LogP contribution in [0.4, 0.5) is 11.4 Å². The Kier molecular flexibility index (Phi) is 2.56. The summed E-state index contributed by atoms with van der Waals surface area (Å²) in [6, 6.07) is 5.72. The third-order valence-electron chi connectivity index (χ3n) is 2.41. The first-order valence-electron chi connectivity index (χ1n) is 4.73. The molecule has 1 aromatic rings. The summed E-state index contributed by atoms with van der Waals surface area (Å²) >= 11 is 0. The highest BCUT2D eigenvalue weighted by atomic mass is 16.5. The summed E-state index contributed by atoms with van der Waals surface area (Å²) in [5.74, 6) is 0. The largest absolute Gasteiger partial charge is 0.399 e. The molecule has 0 saturated carbocycles. The summed E-state index contributed by atoms with van der Waals surface area (Å²) < 4.78 is 5.37. The Bertz CT molecular complexity index is 321. The number of hydrogen-bond donors (Lipinski definition) is 3. The summed E-state index contributed by atoms with van der Waals surface area (Å²) in [6.45, 7) is 2.28. The van der Waals surface area contributed by atoms with Crippen molar-refractivity contribution >= 4 is 11.4 Å². The van der Waals surface area contributed by atoms with Crippen molar-refractivity contribution in [2.75, 3.05) is 31.2 Å². The van der Waals surface area contributed by atoms with Crippen LogP contribution < -0.4 is 16.8 Å².